The van der Waals surface area contributed by atoms with Crippen molar-refractivity contribution in [1.82, 2.24) is 15.1 Å². The highest BCUT2D eigenvalue weighted by Gasteiger charge is 2.19. The summed E-state index contributed by atoms with van der Waals surface area (Å²) in [7, 11) is 0. The van der Waals surface area contributed by atoms with Crippen molar-refractivity contribution in [2.45, 2.75) is 46.2 Å². The van der Waals surface area contributed by atoms with E-state index in [1.165, 1.54) is 12.2 Å². The SMILES string of the molecule is CCCNC(CSCCC)c1c(Cl)cnn1CC. The number of hydrogen-bond acceptors (Lipinski definition) is 3. The highest BCUT2D eigenvalue weighted by Crippen LogP contribution is 2.26. The van der Waals surface area contributed by atoms with Gasteiger partial charge < -0.3 is 5.32 Å². The van der Waals surface area contributed by atoms with Crippen molar-refractivity contribution in [3.8, 4) is 0 Å². The largest absolute Gasteiger partial charge is 0.308 e. The van der Waals surface area contributed by atoms with Crippen molar-refractivity contribution < 1.29 is 0 Å². The zero-order chi connectivity index (χ0) is 13.4. The van der Waals surface area contributed by atoms with Gasteiger partial charge in [-0.05, 0) is 32.1 Å². The van der Waals surface area contributed by atoms with Gasteiger partial charge in [0.15, 0.2) is 0 Å². The second-order valence-corrected chi connectivity index (χ2v) is 5.83. The van der Waals surface area contributed by atoms with Gasteiger partial charge in [-0.15, -0.1) is 0 Å². The molecular weight excluding hydrogens is 266 g/mol. The molecule has 1 N–H and O–H groups in total. The highest BCUT2D eigenvalue weighted by molar-refractivity contribution is 7.99. The maximum absolute atomic E-state index is 6.28. The average molecular weight is 290 g/mol. The zero-order valence-corrected chi connectivity index (χ0v) is 13.2. The van der Waals surface area contributed by atoms with Crippen molar-refractivity contribution in [3.63, 3.8) is 0 Å². The first-order chi connectivity index (χ1) is 8.74. The van der Waals surface area contributed by atoms with Crippen LogP contribution in [0, 0.1) is 0 Å². The lowest BCUT2D eigenvalue weighted by Crippen LogP contribution is -2.27. The van der Waals surface area contributed by atoms with Crippen molar-refractivity contribution in [2.24, 2.45) is 0 Å². The number of hydrogen-bond donors (Lipinski definition) is 1. The molecule has 0 radical (unpaired) electrons. The van der Waals surface area contributed by atoms with Gasteiger partial charge in [-0.25, -0.2) is 0 Å². The zero-order valence-electron chi connectivity index (χ0n) is 11.6. The molecule has 0 aliphatic carbocycles. The van der Waals surface area contributed by atoms with Crippen molar-refractivity contribution in [3.05, 3.63) is 16.9 Å². The lowest BCUT2D eigenvalue weighted by molar-refractivity contribution is 0.514. The van der Waals surface area contributed by atoms with Crippen LogP contribution < -0.4 is 5.32 Å². The van der Waals surface area contributed by atoms with Crippen LogP contribution in [0.2, 0.25) is 5.02 Å². The van der Waals surface area contributed by atoms with Crippen LogP contribution in [0.15, 0.2) is 6.20 Å². The van der Waals surface area contributed by atoms with Crippen LogP contribution >= 0.6 is 23.4 Å². The molecule has 5 heteroatoms. The van der Waals surface area contributed by atoms with E-state index in [0.29, 0.717) is 6.04 Å². The van der Waals surface area contributed by atoms with Crippen molar-refractivity contribution in [2.75, 3.05) is 18.1 Å². The molecule has 0 spiro atoms. The first-order valence-corrected chi connectivity index (χ1v) is 8.30. The normalized spacial score (nSPS) is 12.9. The Morgan fingerprint density at radius 2 is 2.17 bits per heavy atom. The van der Waals surface area contributed by atoms with E-state index in [2.05, 4.69) is 31.2 Å². The van der Waals surface area contributed by atoms with Crippen LogP contribution in [0.4, 0.5) is 0 Å². The topological polar surface area (TPSA) is 29.9 Å². The van der Waals surface area contributed by atoms with E-state index < -0.39 is 0 Å². The third-order valence-corrected chi connectivity index (χ3v) is 4.29. The summed E-state index contributed by atoms with van der Waals surface area (Å²) in [5, 5.41) is 8.69. The number of rotatable bonds is 9. The quantitative estimate of drug-likeness (QED) is 0.702. The fraction of sp³-hybridized carbons (Fsp3) is 0.769. The maximum atomic E-state index is 6.28. The number of nitrogens with one attached hydrogen (secondary N) is 1. The summed E-state index contributed by atoms with van der Waals surface area (Å²) < 4.78 is 2.00. The Hall–Kier alpha value is -0.190. The smallest absolute Gasteiger partial charge is 0.0834 e. The first kappa shape index (κ1) is 15.9. The molecule has 1 aromatic heterocycles. The second kappa shape index (κ2) is 8.83. The molecule has 0 aliphatic heterocycles. The minimum Gasteiger partial charge on any atom is -0.308 e. The number of halogens is 1. The van der Waals surface area contributed by atoms with Gasteiger partial charge in [0.25, 0.3) is 0 Å². The van der Waals surface area contributed by atoms with Crippen LogP contribution in [0.1, 0.15) is 45.3 Å². The third kappa shape index (κ3) is 4.48. The molecule has 104 valence electrons. The minimum absolute atomic E-state index is 0.302. The van der Waals surface area contributed by atoms with E-state index in [1.807, 2.05) is 16.4 Å². The summed E-state index contributed by atoms with van der Waals surface area (Å²) in [4.78, 5) is 0. The number of nitrogens with zero attached hydrogens (tertiary/aromatic N) is 2. The van der Waals surface area contributed by atoms with Gasteiger partial charge in [-0.2, -0.15) is 16.9 Å². The molecule has 0 saturated carbocycles. The molecule has 0 aliphatic rings. The molecule has 0 amide bonds. The van der Waals surface area contributed by atoms with Gasteiger partial charge in [0.05, 0.1) is 23.0 Å². The van der Waals surface area contributed by atoms with E-state index in [-0.39, 0.29) is 0 Å². The summed E-state index contributed by atoms with van der Waals surface area (Å²) in [6.45, 7) is 8.38. The average Bonchev–Trinajstić information content (AvgIpc) is 2.75. The Morgan fingerprint density at radius 3 is 2.78 bits per heavy atom. The number of aryl methyl sites for hydroxylation is 1. The Labute approximate surface area is 120 Å². The summed E-state index contributed by atoms with van der Waals surface area (Å²) in [5.74, 6) is 2.25. The summed E-state index contributed by atoms with van der Waals surface area (Å²) in [6, 6.07) is 0.302. The molecule has 0 saturated heterocycles. The molecule has 1 atom stereocenters. The maximum Gasteiger partial charge on any atom is 0.0834 e. The Morgan fingerprint density at radius 1 is 1.39 bits per heavy atom. The third-order valence-electron chi connectivity index (χ3n) is 2.74. The van der Waals surface area contributed by atoms with E-state index in [9.17, 15) is 0 Å². The monoisotopic (exact) mass is 289 g/mol. The van der Waals surface area contributed by atoms with E-state index in [1.54, 1.807) is 6.20 Å². The van der Waals surface area contributed by atoms with Crippen molar-refractivity contribution >= 4 is 23.4 Å². The van der Waals surface area contributed by atoms with Gasteiger partial charge in [0.2, 0.25) is 0 Å². The van der Waals surface area contributed by atoms with Crippen LogP contribution in [0.5, 0.6) is 0 Å². The predicted octanol–water partition coefficient (Wildman–Crippen LogP) is 3.74. The van der Waals surface area contributed by atoms with E-state index in [4.69, 9.17) is 11.6 Å². The standard InChI is InChI=1S/C13H24ClN3S/c1-4-7-15-12(10-18-8-5-2)13-11(14)9-16-17(13)6-3/h9,12,15H,4-8,10H2,1-3H3. The van der Waals surface area contributed by atoms with Crippen LogP contribution in [0.25, 0.3) is 0 Å². The fourth-order valence-electron chi connectivity index (χ4n) is 1.87. The second-order valence-electron chi connectivity index (χ2n) is 4.28. The molecule has 1 heterocycles. The molecule has 1 unspecified atom stereocenters. The van der Waals surface area contributed by atoms with Crippen LogP contribution in [0.3, 0.4) is 0 Å². The highest BCUT2D eigenvalue weighted by atomic mass is 35.5. The lowest BCUT2D eigenvalue weighted by atomic mass is 10.2. The molecule has 0 fully saturated rings. The van der Waals surface area contributed by atoms with Gasteiger partial charge in [-0.3, -0.25) is 4.68 Å². The number of thioether (sulfide) groups is 1. The van der Waals surface area contributed by atoms with Crippen LogP contribution in [-0.2, 0) is 6.54 Å². The molecule has 1 aromatic rings. The molecule has 1 rings (SSSR count). The fourth-order valence-corrected chi connectivity index (χ4v) is 3.11. The Balaban J connectivity index is 2.75. The Kier molecular flexibility index (Phi) is 7.79. The summed E-state index contributed by atoms with van der Waals surface area (Å²) in [6.07, 6.45) is 4.10. The first-order valence-electron chi connectivity index (χ1n) is 6.76. The van der Waals surface area contributed by atoms with Gasteiger partial charge in [-0.1, -0.05) is 25.4 Å². The molecular formula is C13H24ClN3S. The van der Waals surface area contributed by atoms with E-state index in [0.717, 1.165) is 36.0 Å². The molecule has 0 aromatic carbocycles. The summed E-state index contributed by atoms with van der Waals surface area (Å²) >= 11 is 8.25. The Bertz CT molecular complexity index is 341. The summed E-state index contributed by atoms with van der Waals surface area (Å²) in [5.41, 5.74) is 1.14. The minimum atomic E-state index is 0.302. The van der Waals surface area contributed by atoms with Crippen molar-refractivity contribution in [1.29, 1.82) is 0 Å². The van der Waals surface area contributed by atoms with Gasteiger partial charge >= 0.3 is 0 Å². The lowest BCUT2D eigenvalue weighted by Gasteiger charge is -2.20. The molecule has 3 nitrogen and oxygen atoms in total. The van der Waals surface area contributed by atoms with Gasteiger partial charge in [0, 0.05) is 12.3 Å². The molecule has 0 bridgehead atoms. The van der Waals surface area contributed by atoms with Crippen LogP contribution in [-0.4, -0.2) is 27.8 Å². The predicted molar refractivity (Wildman–Crippen MR) is 81.6 cm³/mol. The number of aromatic nitrogens is 2. The molecule has 18 heavy (non-hydrogen) atoms. The van der Waals surface area contributed by atoms with Gasteiger partial charge in [0.1, 0.15) is 0 Å². The van der Waals surface area contributed by atoms with E-state index >= 15 is 0 Å².